The highest BCUT2D eigenvalue weighted by atomic mass is 127. The van der Waals surface area contributed by atoms with E-state index in [9.17, 15) is 28.5 Å². The molecule has 114 valence electrons. The second-order valence-electron chi connectivity index (χ2n) is 3.74. The van der Waals surface area contributed by atoms with Gasteiger partial charge in [-0.2, -0.15) is 4.39 Å². The highest BCUT2D eigenvalue weighted by Crippen LogP contribution is 2.22. The number of carbonyl (C=O) groups excluding carboxylic acids is 2. The van der Waals surface area contributed by atoms with Crippen LogP contribution in [0.3, 0.4) is 0 Å². The van der Waals surface area contributed by atoms with Crippen molar-refractivity contribution in [2.45, 2.75) is 3.92 Å². The van der Waals surface area contributed by atoms with Crippen LogP contribution in [0, 0.1) is 21.7 Å². The molecule has 0 bridgehead atoms. The van der Waals surface area contributed by atoms with Gasteiger partial charge in [0, 0.05) is 6.54 Å². The van der Waals surface area contributed by atoms with Crippen molar-refractivity contribution in [1.82, 2.24) is 5.32 Å². The highest BCUT2D eigenvalue weighted by molar-refractivity contribution is 14.1. The van der Waals surface area contributed by atoms with Crippen LogP contribution in [0.25, 0.3) is 0 Å². The number of ether oxygens (including phenoxy) is 1. The summed E-state index contributed by atoms with van der Waals surface area (Å²) in [7, 11) is 1.16. The molecule has 1 aromatic carbocycles. The van der Waals surface area contributed by atoms with Crippen LogP contribution >= 0.6 is 22.6 Å². The zero-order valence-electron chi connectivity index (χ0n) is 10.6. The van der Waals surface area contributed by atoms with Gasteiger partial charge in [0.2, 0.25) is 5.82 Å². The van der Waals surface area contributed by atoms with Gasteiger partial charge in [-0.1, -0.05) is 22.6 Å². The standard InChI is InChI=1S/C11H9F2IN2O5/c1-21-11(18)7(14)4-15-10(17)6-2-5(12)3-8(9(6)13)16(19)20/h2-3,7H,4H2,1H3,(H,15,17). The fourth-order valence-electron chi connectivity index (χ4n) is 1.36. The third-order valence-electron chi connectivity index (χ3n) is 2.36. The minimum atomic E-state index is -1.44. The number of methoxy groups -OCH3 is 1. The lowest BCUT2D eigenvalue weighted by Gasteiger charge is -2.10. The highest BCUT2D eigenvalue weighted by Gasteiger charge is 2.25. The normalized spacial score (nSPS) is 11.6. The van der Waals surface area contributed by atoms with E-state index in [2.05, 4.69) is 10.1 Å². The second-order valence-corrected chi connectivity index (χ2v) is 5.25. The van der Waals surface area contributed by atoms with E-state index in [0.29, 0.717) is 12.1 Å². The summed E-state index contributed by atoms with van der Waals surface area (Å²) in [6, 6.07) is 0.916. The van der Waals surface area contributed by atoms with Gasteiger partial charge in [0.25, 0.3) is 5.91 Å². The topological polar surface area (TPSA) is 98.5 Å². The smallest absolute Gasteiger partial charge is 0.320 e. The molecule has 1 aromatic rings. The number of amides is 1. The number of carbonyl (C=O) groups is 2. The van der Waals surface area contributed by atoms with Crippen LogP contribution in [0.15, 0.2) is 12.1 Å². The summed E-state index contributed by atoms with van der Waals surface area (Å²) < 4.78 is 30.6. The van der Waals surface area contributed by atoms with Crippen LogP contribution in [-0.2, 0) is 9.53 Å². The first-order valence-corrected chi connectivity index (χ1v) is 6.66. The number of benzene rings is 1. The lowest BCUT2D eigenvalue weighted by Crippen LogP contribution is -2.34. The minimum absolute atomic E-state index is 0.199. The van der Waals surface area contributed by atoms with Gasteiger partial charge >= 0.3 is 11.7 Å². The van der Waals surface area contributed by atoms with Crippen molar-refractivity contribution < 1.29 is 28.0 Å². The van der Waals surface area contributed by atoms with Gasteiger partial charge < -0.3 is 10.1 Å². The molecule has 1 amide bonds. The third kappa shape index (κ3) is 4.31. The van der Waals surface area contributed by atoms with E-state index in [1.165, 1.54) is 0 Å². The van der Waals surface area contributed by atoms with Crippen LogP contribution in [0.1, 0.15) is 10.4 Å². The van der Waals surface area contributed by atoms with E-state index >= 15 is 0 Å². The van der Waals surface area contributed by atoms with E-state index in [1.807, 2.05) is 0 Å². The van der Waals surface area contributed by atoms with E-state index in [0.717, 1.165) is 7.11 Å². The molecule has 21 heavy (non-hydrogen) atoms. The molecular formula is C11H9F2IN2O5. The first-order chi connectivity index (χ1) is 9.77. The summed E-state index contributed by atoms with van der Waals surface area (Å²) in [4.78, 5) is 32.2. The first-order valence-electron chi connectivity index (χ1n) is 5.41. The van der Waals surface area contributed by atoms with Gasteiger partial charge in [-0.15, -0.1) is 0 Å². The zero-order valence-corrected chi connectivity index (χ0v) is 12.7. The van der Waals surface area contributed by atoms with Gasteiger partial charge in [0.05, 0.1) is 23.7 Å². The summed E-state index contributed by atoms with van der Waals surface area (Å²) in [5.41, 5.74) is -1.95. The van der Waals surface area contributed by atoms with Crippen molar-refractivity contribution >= 4 is 40.2 Å². The Hall–Kier alpha value is -1.85. The van der Waals surface area contributed by atoms with Crippen molar-refractivity contribution in [2.24, 2.45) is 0 Å². The van der Waals surface area contributed by atoms with Crippen LogP contribution in [-0.4, -0.2) is 34.4 Å². The monoisotopic (exact) mass is 414 g/mol. The molecule has 7 nitrogen and oxygen atoms in total. The Kier molecular flexibility index (Phi) is 5.93. The number of nitro benzene ring substituents is 1. The van der Waals surface area contributed by atoms with Gasteiger partial charge in [0.15, 0.2) is 0 Å². The molecule has 10 heteroatoms. The molecule has 1 atom stereocenters. The summed E-state index contributed by atoms with van der Waals surface area (Å²) in [6.45, 7) is -0.199. The number of alkyl halides is 1. The number of hydrogen-bond donors (Lipinski definition) is 1. The maximum Gasteiger partial charge on any atom is 0.320 e. The zero-order chi connectivity index (χ0) is 16.2. The number of halogens is 3. The molecule has 0 spiro atoms. The molecule has 1 unspecified atom stereocenters. The van der Waals surface area contributed by atoms with Crippen molar-refractivity contribution in [3.8, 4) is 0 Å². The third-order valence-corrected chi connectivity index (χ3v) is 3.31. The first kappa shape index (κ1) is 17.2. The summed E-state index contributed by atoms with van der Waals surface area (Å²) in [6.07, 6.45) is 0. The quantitative estimate of drug-likeness (QED) is 0.260. The number of nitrogens with zero attached hydrogens (tertiary/aromatic N) is 1. The average molecular weight is 414 g/mol. The molecule has 1 rings (SSSR count). The molecule has 0 aromatic heterocycles. The Balaban J connectivity index is 2.93. The molecule has 0 saturated heterocycles. The average Bonchev–Trinajstić information content (AvgIpc) is 2.45. The van der Waals surface area contributed by atoms with Crippen LogP contribution in [0.2, 0.25) is 0 Å². The predicted octanol–water partition coefficient (Wildman–Crippen LogP) is 1.58. The van der Waals surface area contributed by atoms with Crippen LogP contribution in [0.5, 0.6) is 0 Å². The Morgan fingerprint density at radius 1 is 1.48 bits per heavy atom. The second kappa shape index (κ2) is 7.24. The maximum atomic E-state index is 13.7. The Morgan fingerprint density at radius 3 is 2.62 bits per heavy atom. The van der Waals surface area contributed by atoms with E-state index in [1.54, 1.807) is 22.6 Å². The number of hydrogen-bond acceptors (Lipinski definition) is 5. The fraction of sp³-hybridized carbons (Fsp3) is 0.273. The number of esters is 1. The largest absolute Gasteiger partial charge is 0.468 e. The van der Waals surface area contributed by atoms with E-state index in [-0.39, 0.29) is 6.54 Å². The van der Waals surface area contributed by atoms with Gasteiger partial charge in [-0.05, 0) is 6.07 Å². The number of nitrogens with one attached hydrogen (secondary N) is 1. The molecule has 0 radical (unpaired) electrons. The van der Waals surface area contributed by atoms with Gasteiger partial charge in [-0.3, -0.25) is 19.7 Å². The number of nitro groups is 1. The summed E-state index contributed by atoms with van der Waals surface area (Å²) >= 11 is 1.69. The molecule has 0 heterocycles. The van der Waals surface area contributed by atoms with Crippen molar-refractivity contribution in [3.05, 3.63) is 39.4 Å². The summed E-state index contributed by atoms with van der Waals surface area (Å²) in [5, 5.41) is 12.7. The predicted molar refractivity (Wildman–Crippen MR) is 75.2 cm³/mol. The summed E-state index contributed by atoms with van der Waals surface area (Å²) in [5.74, 6) is -4.24. The SMILES string of the molecule is COC(=O)C(I)CNC(=O)c1cc(F)cc([N+](=O)[O-])c1F. The maximum absolute atomic E-state index is 13.7. The molecule has 0 fully saturated rings. The Bertz CT molecular complexity index is 596. The van der Waals surface area contributed by atoms with Gasteiger partial charge in [0.1, 0.15) is 9.74 Å². The van der Waals surface area contributed by atoms with Crippen molar-refractivity contribution in [1.29, 1.82) is 0 Å². The molecule has 0 aliphatic carbocycles. The Morgan fingerprint density at radius 2 is 2.10 bits per heavy atom. The van der Waals surface area contributed by atoms with Crippen LogP contribution in [0.4, 0.5) is 14.5 Å². The molecule has 0 aliphatic rings. The molecule has 1 N–H and O–H groups in total. The molecular weight excluding hydrogens is 405 g/mol. The van der Waals surface area contributed by atoms with E-state index < -0.39 is 43.6 Å². The fourth-order valence-corrected chi connectivity index (χ4v) is 1.84. The van der Waals surface area contributed by atoms with Crippen molar-refractivity contribution in [3.63, 3.8) is 0 Å². The van der Waals surface area contributed by atoms with Crippen LogP contribution < -0.4 is 5.32 Å². The minimum Gasteiger partial charge on any atom is -0.468 e. The van der Waals surface area contributed by atoms with E-state index in [4.69, 9.17) is 0 Å². The lowest BCUT2D eigenvalue weighted by molar-refractivity contribution is -0.387. The molecule has 0 aliphatic heterocycles. The lowest BCUT2D eigenvalue weighted by atomic mass is 10.1. The van der Waals surface area contributed by atoms with Crippen molar-refractivity contribution in [2.75, 3.05) is 13.7 Å². The Labute approximate surface area is 130 Å². The van der Waals surface area contributed by atoms with Gasteiger partial charge in [-0.25, -0.2) is 4.39 Å². The molecule has 0 saturated carbocycles. The number of rotatable bonds is 5.